The molecule has 1 heterocycles. The molecule has 1 unspecified atom stereocenters. The molecular weight excluding hydrogens is 259 g/mol. The zero-order valence-corrected chi connectivity index (χ0v) is 10.4. The Bertz CT molecular complexity index is 687. The van der Waals surface area contributed by atoms with Crippen LogP contribution in [0.5, 0.6) is 0 Å². The molecule has 1 atom stereocenters. The molecule has 2 aromatic carbocycles. The molecule has 0 saturated carbocycles. The summed E-state index contributed by atoms with van der Waals surface area (Å²) in [5.74, 6) is -1.13. The second-order valence-electron chi connectivity index (χ2n) is 4.50. The summed E-state index contributed by atoms with van der Waals surface area (Å²) < 4.78 is 14.1. The third-order valence-corrected chi connectivity index (χ3v) is 3.35. The van der Waals surface area contributed by atoms with Gasteiger partial charge in [0.2, 0.25) is 0 Å². The highest BCUT2D eigenvalue weighted by atomic mass is 19.1. The molecular formula is C15H11FN2O2. The molecule has 20 heavy (non-hydrogen) atoms. The van der Waals surface area contributed by atoms with Crippen molar-refractivity contribution >= 4 is 11.9 Å². The van der Waals surface area contributed by atoms with Crippen LogP contribution in [-0.4, -0.2) is 11.9 Å². The molecule has 1 aliphatic heterocycles. The van der Waals surface area contributed by atoms with Gasteiger partial charge < -0.3 is 5.32 Å². The SMILES string of the molecule is O=C1NC(=O)C(c2ccccc2)(c2ccccc2F)N1. The second-order valence-corrected chi connectivity index (χ2v) is 4.50. The summed E-state index contributed by atoms with van der Waals surface area (Å²) >= 11 is 0. The number of hydrogen-bond acceptors (Lipinski definition) is 2. The number of halogens is 1. The molecule has 3 rings (SSSR count). The molecule has 5 heteroatoms. The zero-order chi connectivity index (χ0) is 14.2. The lowest BCUT2D eigenvalue weighted by molar-refractivity contribution is -0.123. The van der Waals surface area contributed by atoms with Gasteiger partial charge in [-0.05, 0) is 11.6 Å². The lowest BCUT2D eigenvalue weighted by Gasteiger charge is -2.27. The first kappa shape index (κ1) is 12.3. The van der Waals surface area contributed by atoms with Crippen LogP contribution in [0.25, 0.3) is 0 Å². The average Bonchev–Trinajstić information content (AvgIpc) is 2.76. The monoisotopic (exact) mass is 270 g/mol. The molecule has 4 nitrogen and oxygen atoms in total. The minimum absolute atomic E-state index is 0.120. The third kappa shape index (κ3) is 1.67. The van der Waals surface area contributed by atoms with Gasteiger partial charge in [0.25, 0.3) is 5.91 Å². The van der Waals surface area contributed by atoms with Crippen molar-refractivity contribution in [1.29, 1.82) is 0 Å². The predicted molar refractivity (Wildman–Crippen MR) is 70.3 cm³/mol. The minimum Gasteiger partial charge on any atom is -0.316 e. The van der Waals surface area contributed by atoms with E-state index in [0.29, 0.717) is 5.56 Å². The van der Waals surface area contributed by atoms with Crippen LogP contribution in [0.2, 0.25) is 0 Å². The summed E-state index contributed by atoms with van der Waals surface area (Å²) in [6.45, 7) is 0. The van der Waals surface area contributed by atoms with Crippen LogP contribution in [0.4, 0.5) is 9.18 Å². The van der Waals surface area contributed by atoms with Gasteiger partial charge in [0.05, 0.1) is 0 Å². The van der Waals surface area contributed by atoms with Crippen molar-refractivity contribution in [3.63, 3.8) is 0 Å². The topological polar surface area (TPSA) is 58.2 Å². The minimum atomic E-state index is -1.52. The number of imide groups is 1. The normalized spacial score (nSPS) is 21.4. The first-order valence-electron chi connectivity index (χ1n) is 6.09. The summed E-state index contributed by atoms with van der Waals surface area (Å²) in [7, 11) is 0. The number of amides is 3. The Morgan fingerprint density at radius 2 is 1.55 bits per heavy atom. The van der Waals surface area contributed by atoms with Crippen molar-refractivity contribution < 1.29 is 14.0 Å². The second kappa shape index (κ2) is 4.45. The van der Waals surface area contributed by atoms with Crippen LogP contribution in [0.3, 0.4) is 0 Å². The number of carbonyl (C=O) groups is 2. The maximum atomic E-state index is 14.1. The van der Waals surface area contributed by atoms with Gasteiger partial charge in [-0.2, -0.15) is 0 Å². The first-order chi connectivity index (χ1) is 9.64. The van der Waals surface area contributed by atoms with Gasteiger partial charge in [0.15, 0.2) is 5.54 Å². The number of hydrogen-bond donors (Lipinski definition) is 2. The van der Waals surface area contributed by atoms with Crippen LogP contribution in [0, 0.1) is 5.82 Å². The summed E-state index contributed by atoms with van der Waals surface area (Å²) in [6, 6.07) is 13.9. The van der Waals surface area contributed by atoms with E-state index in [4.69, 9.17) is 0 Å². The Morgan fingerprint density at radius 3 is 2.15 bits per heavy atom. The number of nitrogens with one attached hydrogen (secondary N) is 2. The maximum absolute atomic E-state index is 14.1. The maximum Gasteiger partial charge on any atom is 0.322 e. The highest BCUT2D eigenvalue weighted by Crippen LogP contribution is 2.34. The van der Waals surface area contributed by atoms with Gasteiger partial charge in [0, 0.05) is 5.56 Å². The Balaban J connectivity index is 2.28. The largest absolute Gasteiger partial charge is 0.322 e. The lowest BCUT2D eigenvalue weighted by atomic mass is 9.82. The van der Waals surface area contributed by atoms with Gasteiger partial charge in [-0.15, -0.1) is 0 Å². The number of carbonyl (C=O) groups excluding carboxylic acids is 2. The van der Waals surface area contributed by atoms with Gasteiger partial charge >= 0.3 is 6.03 Å². The molecule has 0 bridgehead atoms. The van der Waals surface area contributed by atoms with Crippen molar-refractivity contribution in [2.24, 2.45) is 0 Å². The summed E-state index contributed by atoms with van der Waals surface area (Å²) in [6.07, 6.45) is 0. The van der Waals surface area contributed by atoms with Gasteiger partial charge in [0.1, 0.15) is 5.82 Å². The fourth-order valence-corrected chi connectivity index (χ4v) is 2.46. The van der Waals surface area contributed by atoms with E-state index in [1.165, 1.54) is 18.2 Å². The molecule has 1 aliphatic rings. The summed E-state index contributed by atoms with van der Waals surface area (Å²) in [5, 5.41) is 4.73. The molecule has 0 aromatic heterocycles. The fourth-order valence-electron chi connectivity index (χ4n) is 2.46. The average molecular weight is 270 g/mol. The summed E-state index contributed by atoms with van der Waals surface area (Å²) in [4.78, 5) is 23.9. The molecule has 100 valence electrons. The van der Waals surface area contributed by atoms with E-state index in [2.05, 4.69) is 10.6 Å². The van der Waals surface area contributed by atoms with Crippen molar-refractivity contribution in [1.82, 2.24) is 10.6 Å². The van der Waals surface area contributed by atoms with E-state index in [-0.39, 0.29) is 5.56 Å². The number of urea groups is 1. The Labute approximate surface area is 114 Å². The van der Waals surface area contributed by atoms with Crippen molar-refractivity contribution in [3.05, 3.63) is 71.5 Å². The van der Waals surface area contributed by atoms with Gasteiger partial charge in [-0.1, -0.05) is 48.5 Å². The van der Waals surface area contributed by atoms with Crippen LogP contribution in [0.15, 0.2) is 54.6 Å². The van der Waals surface area contributed by atoms with Gasteiger partial charge in [-0.25, -0.2) is 9.18 Å². The van der Waals surface area contributed by atoms with Crippen molar-refractivity contribution in [3.8, 4) is 0 Å². The molecule has 0 spiro atoms. The smallest absolute Gasteiger partial charge is 0.316 e. The highest BCUT2D eigenvalue weighted by Gasteiger charge is 2.50. The summed E-state index contributed by atoms with van der Waals surface area (Å²) in [5.41, 5.74) is -0.896. The van der Waals surface area contributed by atoms with Crippen LogP contribution in [-0.2, 0) is 10.3 Å². The Hall–Kier alpha value is -2.69. The Morgan fingerprint density at radius 1 is 0.900 bits per heavy atom. The van der Waals surface area contributed by atoms with Crippen molar-refractivity contribution in [2.45, 2.75) is 5.54 Å². The number of benzene rings is 2. The molecule has 2 aromatic rings. The van der Waals surface area contributed by atoms with E-state index in [9.17, 15) is 14.0 Å². The molecule has 1 fully saturated rings. The molecule has 3 amide bonds. The van der Waals surface area contributed by atoms with E-state index in [1.807, 2.05) is 0 Å². The standard InChI is InChI=1S/C15H11FN2O2/c16-12-9-5-4-8-11(12)15(10-6-2-1-3-7-10)13(19)17-14(20)18-15/h1-9H,(H2,17,18,19,20). The predicted octanol–water partition coefficient (Wildman–Crippen LogP) is 1.91. The number of rotatable bonds is 2. The van der Waals surface area contributed by atoms with E-state index >= 15 is 0 Å². The molecule has 2 N–H and O–H groups in total. The molecule has 0 radical (unpaired) electrons. The van der Waals surface area contributed by atoms with E-state index in [1.54, 1.807) is 36.4 Å². The van der Waals surface area contributed by atoms with Crippen molar-refractivity contribution in [2.75, 3.05) is 0 Å². The van der Waals surface area contributed by atoms with Crippen LogP contribution >= 0.6 is 0 Å². The fraction of sp³-hybridized carbons (Fsp3) is 0.0667. The van der Waals surface area contributed by atoms with E-state index in [0.717, 1.165) is 0 Å². The van der Waals surface area contributed by atoms with Gasteiger partial charge in [-0.3, -0.25) is 10.1 Å². The zero-order valence-electron chi connectivity index (χ0n) is 10.4. The first-order valence-corrected chi connectivity index (χ1v) is 6.09. The van der Waals surface area contributed by atoms with E-state index < -0.39 is 23.3 Å². The molecule has 1 saturated heterocycles. The highest BCUT2D eigenvalue weighted by molar-refractivity contribution is 6.09. The quantitative estimate of drug-likeness (QED) is 0.819. The lowest BCUT2D eigenvalue weighted by Crippen LogP contribution is -2.45. The third-order valence-electron chi connectivity index (χ3n) is 3.35. The Kier molecular flexibility index (Phi) is 2.75. The van der Waals surface area contributed by atoms with Crippen LogP contribution in [0.1, 0.15) is 11.1 Å². The molecule has 0 aliphatic carbocycles. The van der Waals surface area contributed by atoms with Crippen LogP contribution < -0.4 is 10.6 Å².